The first-order valence-electron chi connectivity index (χ1n) is 8.14. The van der Waals surface area contributed by atoms with E-state index in [1.807, 2.05) is 0 Å². The monoisotopic (exact) mass is 362 g/mol. The van der Waals surface area contributed by atoms with Crippen molar-refractivity contribution in [1.29, 1.82) is 0 Å². The van der Waals surface area contributed by atoms with E-state index >= 15 is 0 Å². The highest BCUT2D eigenvalue weighted by Gasteiger charge is 2.23. The fourth-order valence-corrected chi connectivity index (χ4v) is 4.18. The van der Waals surface area contributed by atoms with Crippen LogP contribution in [-0.4, -0.2) is 20.4 Å². The van der Waals surface area contributed by atoms with Crippen molar-refractivity contribution in [1.82, 2.24) is 4.72 Å². The third kappa shape index (κ3) is 4.24. The summed E-state index contributed by atoms with van der Waals surface area (Å²) in [6.45, 7) is 0. The van der Waals surface area contributed by atoms with Crippen LogP contribution in [0.5, 0.6) is 0 Å². The molecule has 0 atom stereocenters. The van der Waals surface area contributed by atoms with Crippen molar-refractivity contribution in [2.75, 3.05) is 5.32 Å². The smallest absolute Gasteiger partial charge is 0.255 e. The van der Waals surface area contributed by atoms with Crippen molar-refractivity contribution in [2.45, 2.75) is 36.6 Å². The molecule has 132 valence electrons. The molecule has 0 aromatic heterocycles. The summed E-state index contributed by atoms with van der Waals surface area (Å²) >= 11 is 0. The van der Waals surface area contributed by atoms with Gasteiger partial charge in [0.25, 0.3) is 5.91 Å². The summed E-state index contributed by atoms with van der Waals surface area (Å²) in [6.07, 6.45) is 3.76. The zero-order valence-corrected chi connectivity index (χ0v) is 14.4. The number of benzene rings is 2. The number of para-hydroxylation sites is 1. The molecule has 0 aliphatic heterocycles. The quantitative estimate of drug-likeness (QED) is 0.857. The lowest BCUT2D eigenvalue weighted by Gasteiger charge is -2.13. The van der Waals surface area contributed by atoms with E-state index < -0.39 is 21.7 Å². The Morgan fingerprint density at radius 1 is 1.00 bits per heavy atom. The van der Waals surface area contributed by atoms with Crippen LogP contribution in [0.15, 0.2) is 53.4 Å². The van der Waals surface area contributed by atoms with Gasteiger partial charge >= 0.3 is 0 Å². The molecule has 0 heterocycles. The fourth-order valence-electron chi connectivity index (χ4n) is 2.87. The molecule has 1 saturated carbocycles. The minimum atomic E-state index is -3.59. The van der Waals surface area contributed by atoms with E-state index in [-0.39, 0.29) is 22.2 Å². The molecule has 2 aromatic rings. The van der Waals surface area contributed by atoms with Crippen LogP contribution in [-0.2, 0) is 10.0 Å². The van der Waals surface area contributed by atoms with Crippen LogP contribution in [0.4, 0.5) is 10.1 Å². The van der Waals surface area contributed by atoms with Gasteiger partial charge in [-0.1, -0.05) is 25.0 Å². The van der Waals surface area contributed by atoms with E-state index in [2.05, 4.69) is 10.0 Å². The molecule has 25 heavy (non-hydrogen) atoms. The molecule has 0 spiro atoms. The molecule has 7 heteroatoms. The summed E-state index contributed by atoms with van der Waals surface area (Å²) in [6, 6.07) is 11.4. The van der Waals surface area contributed by atoms with Crippen LogP contribution in [0.2, 0.25) is 0 Å². The van der Waals surface area contributed by atoms with Crippen LogP contribution >= 0.6 is 0 Å². The van der Waals surface area contributed by atoms with E-state index in [1.54, 1.807) is 6.07 Å². The van der Waals surface area contributed by atoms with Gasteiger partial charge in [0, 0.05) is 11.6 Å². The Morgan fingerprint density at radius 3 is 2.28 bits per heavy atom. The molecule has 0 unspecified atom stereocenters. The SMILES string of the molecule is O=C(Nc1ccccc1F)c1ccc(S(=O)(=O)NC2CCCC2)cc1. The molecule has 1 fully saturated rings. The number of halogens is 1. The maximum atomic E-state index is 13.6. The average molecular weight is 362 g/mol. The molecule has 1 amide bonds. The number of sulfonamides is 1. The maximum Gasteiger partial charge on any atom is 0.255 e. The van der Waals surface area contributed by atoms with Crippen LogP contribution in [0.1, 0.15) is 36.0 Å². The van der Waals surface area contributed by atoms with Gasteiger partial charge in [-0.05, 0) is 49.2 Å². The van der Waals surface area contributed by atoms with Gasteiger partial charge < -0.3 is 5.32 Å². The first kappa shape index (κ1) is 17.6. The molecule has 1 aliphatic rings. The van der Waals surface area contributed by atoms with Crippen LogP contribution < -0.4 is 10.0 Å². The Hall–Kier alpha value is -2.25. The van der Waals surface area contributed by atoms with Gasteiger partial charge in [-0.15, -0.1) is 0 Å². The molecular weight excluding hydrogens is 343 g/mol. The Kier molecular flexibility index (Phi) is 5.15. The van der Waals surface area contributed by atoms with Crippen molar-refractivity contribution in [3.05, 3.63) is 59.9 Å². The third-order valence-corrected chi connectivity index (χ3v) is 5.76. The standard InChI is InChI=1S/C18H19FN2O3S/c19-16-7-3-4-8-17(16)20-18(22)13-9-11-15(12-10-13)25(23,24)21-14-5-1-2-6-14/h3-4,7-12,14,21H,1-2,5-6H2,(H,20,22). The van der Waals surface area contributed by atoms with Gasteiger partial charge in [0.2, 0.25) is 10.0 Å². The second-order valence-corrected chi connectivity index (χ2v) is 7.77. The molecule has 0 radical (unpaired) electrons. The number of carbonyl (C=O) groups is 1. The number of amides is 1. The van der Waals surface area contributed by atoms with Crippen molar-refractivity contribution < 1.29 is 17.6 Å². The van der Waals surface area contributed by atoms with E-state index in [0.29, 0.717) is 0 Å². The van der Waals surface area contributed by atoms with Crippen molar-refractivity contribution in [3.8, 4) is 0 Å². The Morgan fingerprint density at radius 2 is 1.64 bits per heavy atom. The summed E-state index contributed by atoms with van der Waals surface area (Å²) in [5.74, 6) is -1.03. The molecule has 2 aromatic carbocycles. The summed E-state index contributed by atoms with van der Waals surface area (Å²) in [5, 5.41) is 2.46. The highest BCUT2D eigenvalue weighted by atomic mass is 32.2. The number of nitrogens with one attached hydrogen (secondary N) is 2. The molecule has 2 N–H and O–H groups in total. The second-order valence-electron chi connectivity index (χ2n) is 6.06. The Labute approximate surface area is 146 Å². The molecule has 3 rings (SSSR count). The van der Waals surface area contributed by atoms with Crippen LogP contribution in [0, 0.1) is 5.82 Å². The zero-order valence-electron chi connectivity index (χ0n) is 13.5. The topological polar surface area (TPSA) is 75.3 Å². The van der Waals surface area contributed by atoms with E-state index in [9.17, 15) is 17.6 Å². The van der Waals surface area contributed by atoms with Crippen LogP contribution in [0.25, 0.3) is 0 Å². The largest absolute Gasteiger partial charge is 0.319 e. The second kappa shape index (κ2) is 7.33. The highest BCUT2D eigenvalue weighted by molar-refractivity contribution is 7.89. The summed E-state index contributed by atoms with van der Waals surface area (Å²) in [4.78, 5) is 12.3. The lowest BCUT2D eigenvalue weighted by Crippen LogP contribution is -2.32. The normalized spacial score (nSPS) is 15.2. The van der Waals surface area contributed by atoms with Crippen molar-refractivity contribution >= 4 is 21.6 Å². The highest BCUT2D eigenvalue weighted by Crippen LogP contribution is 2.21. The van der Waals surface area contributed by atoms with Crippen molar-refractivity contribution in [2.24, 2.45) is 0 Å². The van der Waals surface area contributed by atoms with Gasteiger partial charge in [-0.25, -0.2) is 17.5 Å². The van der Waals surface area contributed by atoms with Crippen molar-refractivity contribution in [3.63, 3.8) is 0 Å². The Bertz CT molecular complexity index is 860. The minimum absolute atomic E-state index is 0.0194. The fraction of sp³-hybridized carbons (Fsp3) is 0.278. The maximum absolute atomic E-state index is 13.6. The first-order chi connectivity index (χ1) is 12.0. The van der Waals surface area contributed by atoms with Gasteiger partial charge in [-0.2, -0.15) is 0 Å². The number of hydrogen-bond donors (Lipinski definition) is 2. The molecular formula is C18H19FN2O3S. The van der Waals surface area contributed by atoms with Gasteiger partial charge in [0.15, 0.2) is 0 Å². The summed E-state index contributed by atoms with van der Waals surface area (Å²) in [5.41, 5.74) is 0.329. The van der Waals surface area contributed by atoms with Crippen LogP contribution in [0.3, 0.4) is 0 Å². The van der Waals surface area contributed by atoms with Gasteiger partial charge in [0.1, 0.15) is 5.82 Å². The molecule has 0 bridgehead atoms. The lowest BCUT2D eigenvalue weighted by atomic mass is 10.2. The molecule has 5 nitrogen and oxygen atoms in total. The van der Waals surface area contributed by atoms with E-state index in [1.165, 1.54) is 42.5 Å². The zero-order chi connectivity index (χ0) is 17.9. The van der Waals surface area contributed by atoms with E-state index in [4.69, 9.17) is 0 Å². The summed E-state index contributed by atoms with van der Waals surface area (Å²) < 4.78 is 41.0. The Balaban J connectivity index is 1.71. The first-order valence-corrected chi connectivity index (χ1v) is 9.62. The predicted molar refractivity (Wildman–Crippen MR) is 93.4 cm³/mol. The summed E-state index contributed by atoms with van der Waals surface area (Å²) in [7, 11) is -3.59. The van der Waals surface area contributed by atoms with Gasteiger partial charge in [-0.3, -0.25) is 4.79 Å². The number of hydrogen-bond acceptors (Lipinski definition) is 3. The molecule has 1 aliphatic carbocycles. The number of anilines is 1. The third-order valence-electron chi connectivity index (χ3n) is 4.23. The predicted octanol–water partition coefficient (Wildman–Crippen LogP) is 3.30. The van der Waals surface area contributed by atoms with E-state index in [0.717, 1.165) is 25.7 Å². The number of rotatable bonds is 5. The van der Waals surface area contributed by atoms with Gasteiger partial charge in [0.05, 0.1) is 10.6 Å². The average Bonchev–Trinajstić information content (AvgIpc) is 3.09. The molecule has 0 saturated heterocycles. The lowest BCUT2D eigenvalue weighted by molar-refractivity contribution is 0.102. The minimum Gasteiger partial charge on any atom is -0.319 e. The number of carbonyl (C=O) groups excluding carboxylic acids is 1.